The van der Waals surface area contributed by atoms with Crippen LogP contribution in [0.3, 0.4) is 0 Å². The van der Waals surface area contributed by atoms with Crippen LogP contribution in [0.25, 0.3) is 6.08 Å². The lowest BCUT2D eigenvalue weighted by atomic mass is 10.1. The highest BCUT2D eigenvalue weighted by atomic mass is 16.5. The normalized spacial score (nSPS) is 10.6. The molecule has 0 bridgehead atoms. The summed E-state index contributed by atoms with van der Waals surface area (Å²) in [5.74, 6) is 1.67. The van der Waals surface area contributed by atoms with Crippen LogP contribution in [0.1, 0.15) is 17.5 Å². The van der Waals surface area contributed by atoms with Crippen LogP contribution in [0.2, 0.25) is 0 Å². The Balaban J connectivity index is 1.56. The predicted molar refractivity (Wildman–Crippen MR) is 124 cm³/mol. The Morgan fingerprint density at radius 1 is 0.871 bits per heavy atom. The largest absolute Gasteiger partial charge is 0.493 e. The molecule has 0 fully saturated rings. The number of benzene rings is 3. The van der Waals surface area contributed by atoms with E-state index in [1.165, 1.54) is 11.6 Å². The minimum Gasteiger partial charge on any atom is -0.493 e. The van der Waals surface area contributed by atoms with Crippen molar-refractivity contribution in [2.45, 2.75) is 12.8 Å². The molecule has 0 atom stereocenters. The van der Waals surface area contributed by atoms with Gasteiger partial charge in [0.2, 0.25) is 5.91 Å². The SMILES string of the molecule is COc1ccc(/C=C/C(=O)Nc2ccccc2OCCCc2ccccc2)cc1OC. The Morgan fingerprint density at radius 3 is 2.39 bits per heavy atom. The highest BCUT2D eigenvalue weighted by Crippen LogP contribution is 2.28. The van der Waals surface area contributed by atoms with Gasteiger partial charge in [0.1, 0.15) is 5.75 Å². The average molecular weight is 418 g/mol. The Labute approximate surface area is 183 Å². The van der Waals surface area contributed by atoms with Gasteiger partial charge in [0.05, 0.1) is 26.5 Å². The molecule has 160 valence electrons. The van der Waals surface area contributed by atoms with Crippen molar-refractivity contribution in [3.05, 3.63) is 90.0 Å². The highest BCUT2D eigenvalue weighted by molar-refractivity contribution is 6.02. The lowest BCUT2D eigenvalue weighted by Crippen LogP contribution is -2.10. The van der Waals surface area contributed by atoms with E-state index in [9.17, 15) is 4.79 Å². The third-order valence-electron chi connectivity index (χ3n) is 4.69. The number of nitrogens with one attached hydrogen (secondary N) is 1. The quantitative estimate of drug-likeness (QED) is 0.356. The summed E-state index contributed by atoms with van der Waals surface area (Å²) >= 11 is 0. The molecule has 0 aliphatic heterocycles. The number of para-hydroxylation sites is 2. The summed E-state index contributed by atoms with van der Waals surface area (Å²) in [5.41, 5.74) is 2.76. The van der Waals surface area contributed by atoms with Crippen molar-refractivity contribution in [3.63, 3.8) is 0 Å². The maximum absolute atomic E-state index is 12.4. The second-order valence-electron chi connectivity index (χ2n) is 6.87. The molecule has 0 saturated heterocycles. The third kappa shape index (κ3) is 6.64. The Hall–Kier alpha value is -3.73. The summed E-state index contributed by atoms with van der Waals surface area (Å²) in [5, 5.41) is 2.88. The highest BCUT2D eigenvalue weighted by Gasteiger charge is 2.07. The topological polar surface area (TPSA) is 56.8 Å². The number of hydrogen-bond donors (Lipinski definition) is 1. The first-order valence-electron chi connectivity index (χ1n) is 10.2. The van der Waals surface area contributed by atoms with Crippen LogP contribution >= 0.6 is 0 Å². The van der Waals surface area contributed by atoms with Gasteiger partial charge < -0.3 is 19.5 Å². The van der Waals surface area contributed by atoms with E-state index >= 15 is 0 Å². The molecule has 0 aliphatic carbocycles. The van der Waals surface area contributed by atoms with E-state index in [1.54, 1.807) is 26.4 Å². The molecule has 0 saturated carbocycles. The van der Waals surface area contributed by atoms with Crippen LogP contribution in [0.4, 0.5) is 5.69 Å². The first-order chi connectivity index (χ1) is 15.2. The van der Waals surface area contributed by atoms with Gasteiger partial charge in [-0.3, -0.25) is 4.79 Å². The fourth-order valence-corrected chi connectivity index (χ4v) is 3.10. The first-order valence-corrected chi connectivity index (χ1v) is 10.2. The van der Waals surface area contributed by atoms with Crippen molar-refractivity contribution >= 4 is 17.7 Å². The fourth-order valence-electron chi connectivity index (χ4n) is 3.10. The van der Waals surface area contributed by atoms with Gasteiger partial charge in [-0.25, -0.2) is 0 Å². The smallest absolute Gasteiger partial charge is 0.248 e. The maximum atomic E-state index is 12.4. The standard InChI is InChI=1S/C26H27NO4/c1-29-24-16-14-21(19-25(24)30-2)15-17-26(28)27-22-12-6-7-13-23(22)31-18-8-11-20-9-4-3-5-10-20/h3-7,9-10,12-17,19H,8,11,18H2,1-2H3,(H,27,28)/b17-15+. The summed E-state index contributed by atoms with van der Waals surface area (Å²) in [4.78, 5) is 12.4. The second kappa shape index (κ2) is 11.5. The number of rotatable bonds is 10. The van der Waals surface area contributed by atoms with Crippen molar-refractivity contribution in [1.82, 2.24) is 0 Å². The molecule has 0 aromatic heterocycles. The molecule has 3 aromatic rings. The van der Waals surface area contributed by atoms with Gasteiger partial charge in [-0.2, -0.15) is 0 Å². The van der Waals surface area contributed by atoms with Gasteiger partial charge >= 0.3 is 0 Å². The van der Waals surface area contributed by atoms with E-state index in [2.05, 4.69) is 17.4 Å². The van der Waals surface area contributed by atoms with Gasteiger partial charge in [0.25, 0.3) is 0 Å². The molecule has 5 nitrogen and oxygen atoms in total. The zero-order valence-electron chi connectivity index (χ0n) is 17.8. The van der Waals surface area contributed by atoms with Crippen molar-refractivity contribution in [2.75, 3.05) is 26.1 Å². The molecule has 1 N–H and O–H groups in total. The van der Waals surface area contributed by atoms with Crippen molar-refractivity contribution < 1.29 is 19.0 Å². The molecular weight excluding hydrogens is 390 g/mol. The third-order valence-corrected chi connectivity index (χ3v) is 4.69. The molecule has 3 rings (SSSR count). The molecule has 3 aromatic carbocycles. The van der Waals surface area contributed by atoms with Crippen LogP contribution in [0.5, 0.6) is 17.2 Å². The zero-order valence-corrected chi connectivity index (χ0v) is 17.8. The van der Waals surface area contributed by atoms with Crippen LogP contribution in [-0.2, 0) is 11.2 Å². The molecule has 1 amide bonds. The van der Waals surface area contributed by atoms with Gasteiger partial charge in [0, 0.05) is 6.08 Å². The van der Waals surface area contributed by atoms with Crippen LogP contribution in [0.15, 0.2) is 78.9 Å². The number of hydrogen-bond acceptors (Lipinski definition) is 4. The van der Waals surface area contributed by atoms with E-state index in [4.69, 9.17) is 14.2 Å². The lowest BCUT2D eigenvalue weighted by molar-refractivity contribution is -0.111. The van der Waals surface area contributed by atoms with E-state index in [0.29, 0.717) is 29.5 Å². The summed E-state index contributed by atoms with van der Waals surface area (Å²) in [6.07, 6.45) is 5.04. The van der Waals surface area contributed by atoms with E-state index < -0.39 is 0 Å². The number of amides is 1. The molecule has 0 spiro atoms. The molecule has 0 heterocycles. The van der Waals surface area contributed by atoms with Gasteiger partial charge in [-0.1, -0.05) is 48.5 Å². The van der Waals surface area contributed by atoms with Crippen LogP contribution in [0, 0.1) is 0 Å². The van der Waals surface area contributed by atoms with Gasteiger partial charge in [-0.05, 0) is 54.3 Å². The minimum atomic E-state index is -0.241. The Bertz CT molecular complexity index is 1010. The summed E-state index contributed by atoms with van der Waals surface area (Å²) in [6.45, 7) is 0.573. The monoisotopic (exact) mass is 417 g/mol. The lowest BCUT2D eigenvalue weighted by Gasteiger charge is -2.11. The summed E-state index contributed by atoms with van der Waals surface area (Å²) in [6, 6.07) is 23.2. The van der Waals surface area contributed by atoms with Gasteiger partial charge in [0.15, 0.2) is 11.5 Å². The number of ether oxygens (including phenoxy) is 3. The zero-order chi connectivity index (χ0) is 21.9. The number of carbonyl (C=O) groups is 1. The van der Waals surface area contributed by atoms with Crippen molar-refractivity contribution in [2.24, 2.45) is 0 Å². The molecular formula is C26H27NO4. The molecule has 0 aliphatic rings. The summed E-state index contributed by atoms with van der Waals surface area (Å²) < 4.78 is 16.4. The summed E-state index contributed by atoms with van der Waals surface area (Å²) in [7, 11) is 3.16. The molecule has 0 radical (unpaired) electrons. The van der Waals surface area contributed by atoms with Crippen LogP contribution < -0.4 is 19.5 Å². The fraction of sp³-hybridized carbons (Fsp3) is 0.192. The molecule has 0 unspecified atom stereocenters. The van der Waals surface area contributed by atoms with E-state index in [-0.39, 0.29) is 5.91 Å². The second-order valence-corrected chi connectivity index (χ2v) is 6.87. The van der Waals surface area contributed by atoms with E-state index in [1.807, 2.05) is 54.6 Å². The number of anilines is 1. The van der Waals surface area contributed by atoms with Crippen LogP contribution in [-0.4, -0.2) is 26.7 Å². The van der Waals surface area contributed by atoms with Gasteiger partial charge in [-0.15, -0.1) is 0 Å². The van der Waals surface area contributed by atoms with Crippen molar-refractivity contribution in [1.29, 1.82) is 0 Å². The Kier molecular flexibility index (Phi) is 8.12. The number of carbonyl (C=O) groups excluding carboxylic acids is 1. The number of aryl methyl sites for hydroxylation is 1. The maximum Gasteiger partial charge on any atom is 0.248 e. The first kappa shape index (κ1) is 22.0. The van der Waals surface area contributed by atoms with Crippen molar-refractivity contribution in [3.8, 4) is 17.2 Å². The predicted octanol–water partition coefficient (Wildman–Crippen LogP) is 5.37. The molecule has 31 heavy (non-hydrogen) atoms. The molecule has 5 heteroatoms. The Morgan fingerprint density at radius 2 is 1.61 bits per heavy atom. The average Bonchev–Trinajstić information content (AvgIpc) is 2.82. The van der Waals surface area contributed by atoms with E-state index in [0.717, 1.165) is 18.4 Å². The number of methoxy groups -OCH3 is 2. The minimum absolute atomic E-state index is 0.241.